The van der Waals surface area contributed by atoms with Gasteiger partial charge in [-0.2, -0.15) is 0 Å². The molecule has 0 saturated heterocycles. The smallest absolute Gasteiger partial charge is 0.0583 e. The van der Waals surface area contributed by atoms with Crippen molar-refractivity contribution in [3.8, 4) is 0 Å². The van der Waals surface area contributed by atoms with E-state index >= 15 is 0 Å². The molecule has 1 heteroatoms. The van der Waals surface area contributed by atoms with Crippen molar-refractivity contribution in [3.63, 3.8) is 0 Å². The standard InChI is InChI=1S/C26H42O/c1-19(2)8-5-6-10-23-14-16-25-21(9-7-17-26(23,25)4)12-13-22-18-24(27)15-11-20(22)3/h12-13,19,23-25,27H,3,5-11,14-18H2,1-2,4H3. The molecule has 1 N–H and O–H groups in total. The Morgan fingerprint density at radius 2 is 1.96 bits per heavy atom. The first-order chi connectivity index (χ1) is 12.9. The third-order valence-corrected chi connectivity index (χ3v) is 7.93. The van der Waals surface area contributed by atoms with Crippen LogP contribution in [0.1, 0.15) is 97.8 Å². The maximum absolute atomic E-state index is 9.99. The lowest BCUT2D eigenvalue weighted by atomic mass is 9.62. The summed E-state index contributed by atoms with van der Waals surface area (Å²) >= 11 is 0. The monoisotopic (exact) mass is 370 g/mol. The average Bonchev–Trinajstić information content (AvgIpc) is 2.96. The van der Waals surface area contributed by atoms with Crippen LogP contribution in [0, 0.1) is 23.2 Å². The van der Waals surface area contributed by atoms with Crippen molar-refractivity contribution in [2.45, 2.75) is 104 Å². The molecule has 0 aromatic rings. The maximum Gasteiger partial charge on any atom is 0.0583 e. The van der Waals surface area contributed by atoms with Crippen LogP contribution in [0.15, 0.2) is 35.5 Å². The second-order valence-electron chi connectivity index (χ2n) is 10.3. The van der Waals surface area contributed by atoms with Crippen LogP contribution in [0.4, 0.5) is 0 Å². The van der Waals surface area contributed by atoms with E-state index < -0.39 is 0 Å². The molecule has 27 heavy (non-hydrogen) atoms. The molecule has 4 atom stereocenters. The van der Waals surface area contributed by atoms with Gasteiger partial charge in [0, 0.05) is 0 Å². The lowest BCUT2D eigenvalue weighted by Gasteiger charge is -2.42. The van der Waals surface area contributed by atoms with Crippen molar-refractivity contribution in [1.29, 1.82) is 0 Å². The number of fused-ring (bicyclic) bond motifs is 1. The van der Waals surface area contributed by atoms with Crippen LogP contribution < -0.4 is 0 Å². The Balaban J connectivity index is 1.65. The third-order valence-electron chi connectivity index (χ3n) is 7.93. The average molecular weight is 371 g/mol. The SMILES string of the molecule is C=C1CCC(O)CC1=CC=C1CCCC2(C)C(CCCCC(C)C)CCC12. The van der Waals surface area contributed by atoms with E-state index in [1.165, 1.54) is 68.9 Å². The number of aliphatic hydroxyl groups excluding tert-OH is 1. The van der Waals surface area contributed by atoms with Crippen molar-refractivity contribution in [1.82, 2.24) is 0 Å². The van der Waals surface area contributed by atoms with E-state index in [4.69, 9.17) is 0 Å². The highest BCUT2D eigenvalue weighted by Crippen LogP contribution is 2.58. The van der Waals surface area contributed by atoms with Gasteiger partial charge >= 0.3 is 0 Å². The second kappa shape index (κ2) is 9.12. The number of allylic oxidation sites excluding steroid dienone is 4. The van der Waals surface area contributed by atoms with Crippen molar-refractivity contribution in [3.05, 3.63) is 35.5 Å². The molecule has 0 radical (unpaired) electrons. The summed E-state index contributed by atoms with van der Waals surface area (Å²) in [5.74, 6) is 2.57. The highest BCUT2D eigenvalue weighted by Gasteiger charge is 2.48. The molecule has 1 nitrogen and oxygen atoms in total. The van der Waals surface area contributed by atoms with Gasteiger partial charge in [0.05, 0.1) is 6.10 Å². The van der Waals surface area contributed by atoms with Crippen molar-refractivity contribution in [2.24, 2.45) is 23.2 Å². The predicted molar refractivity (Wildman–Crippen MR) is 117 cm³/mol. The minimum atomic E-state index is -0.168. The molecule has 0 bridgehead atoms. The minimum absolute atomic E-state index is 0.168. The summed E-state index contributed by atoms with van der Waals surface area (Å²) in [6.07, 6.45) is 19.7. The zero-order valence-electron chi connectivity index (χ0n) is 18.1. The van der Waals surface area contributed by atoms with Crippen LogP contribution in [0.25, 0.3) is 0 Å². The van der Waals surface area contributed by atoms with Gasteiger partial charge in [-0.25, -0.2) is 0 Å². The molecule has 4 unspecified atom stereocenters. The fourth-order valence-electron chi connectivity index (χ4n) is 6.16. The summed E-state index contributed by atoms with van der Waals surface area (Å²) < 4.78 is 0. The Labute approximate surface area is 168 Å². The molecule has 0 aromatic heterocycles. The van der Waals surface area contributed by atoms with E-state index in [1.807, 2.05) is 0 Å². The first-order valence-corrected chi connectivity index (χ1v) is 11.7. The molecule has 3 rings (SSSR count). The van der Waals surface area contributed by atoms with Crippen LogP contribution in [-0.4, -0.2) is 11.2 Å². The third kappa shape index (κ3) is 4.97. The van der Waals surface area contributed by atoms with Crippen LogP contribution in [0.5, 0.6) is 0 Å². The Hall–Kier alpha value is -0.820. The molecule has 0 heterocycles. The molecule has 0 aromatic carbocycles. The molecular weight excluding hydrogens is 328 g/mol. The minimum Gasteiger partial charge on any atom is -0.393 e. The van der Waals surface area contributed by atoms with Crippen LogP contribution in [-0.2, 0) is 0 Å². The Morgan fingerprint density at radius 3 is 2.74 bits per heavy atom. The second-order valence-corrected chi connectivity index (χ2v) is 10.3. The number of aliphatic hydroxyl groups is 1. The summed E-state index contributed by atoms with van der Waals surface area (Å²) in [4.78, 5) is 0. The number of hydrogen-bond donors (Lipinski definition) is 1. The van der Waals surface area contributed by atoms with Gasteiger partial charge in [-0.1, -0.05) is 69.9 Å². The van der Waals surface area contributed by atoms with E-state index in [-0.39, 0.29) is 6.10 Å². The lowest BCUT2D eigenvalue weighted by Crippen LogP contribution is -2.33. The first-order valence-electron chi connectivity index (χ1n) is 11.7. The summed E-state index contributed by atoms with van der Waals surface area (Å²) in [6, 6.07) is 0. The van der Waals surface area contributed by atoms with Crippen molar-refractivity contribution < 1.29 is 5.11 Å². The zero-order chi connectivity index (χ0) is 19.4. The fraction of sp³-hybridized carbons (Fsp3) is 0.769. The summed E-state index contributed by atoms with van der Waals surface area (Å²) in [7, 11) is 0. The van der Waals surface area contributed by atoms with Gasteiger partial charge in [0.1, 0.15) is 0 Å². The normalized spacial score (nSPS) is 37.4. The van der Waals surface area contributed by atoms with Gasteiger partial charge < -0.3 is 5.11 Å². The van der Waals surface area contributed by atoms with E-state index in [2.05, 4.69) is 39.5 Å². The molecule has 152 valence electrons. The number of rotatable bonds is 6. The van der Waals surface area contributed by atoms with E-state index in [1.54, 1.807) is 5.57 Å². The lowest BCUT2D eigenvalue weighted by molar-refractivity contribution is 0.127. The van der Waals surface area contributed by atoms with E-state index in [0.717, 1.165) is 37.0 Å². The van der Waals surface area contributed by atoms with Gasteiger partial charge in [0.15, 0.2) is 0 Å². The fourth-order valence-corrected chi connectivity index (χ4v) is 6.16. The Kier molecular flexibility index (Phi) is 7.06. The molecule has 0 spiro atoms. The van der Waals surface area contributed by atoms with Gasteiger partial charge in [0.25, 0.3) is 0 Å². The Bertz CT molecular complexity index is 581. The summed E-state index contributed by atoms with van der Waals surface area (Å²) in [5, 5.41) is 9.99. The van der Waals surface area contributed by atoms with Gasteiger partial charge in [-0.15, -0.1) is 0 Å². The van der Waals surface area contributed by atoms with Crippen LogP contribution in [0.2, 0.25) is 0 Å². The van der Waals surface area contributed by atoms with Crippen molar-refractivity contribution in [2.75, 3.05) is 0 Å². The van der Waals surface area contributed by atoms with Crippen molar-refractivity contribution >= 4 is 0 Å². The van der Waals surface area contributed by atoms with Crippen LogP contribution in [0.3, 0.4) is 0 Å². The molecule has 0 amide bonds. The molecule has 3 fully saturated rings. The van der Waals surface area contributed by atoms with Crippen LogP contribution >= 0.6 is 0 Å². The molecule has 3 saturated carbocycles. The summed E-state index contributed by atoms with van der Waals surface area (Å²) in [5.41, 5.74) is 4.75. The van der Waals surface area contributed by atoms with E-state index in [9.17, 15) is 5.11 Å². The van der Waals surface area contributed by atoms with Gasteiger partial charge in [-0.3, -0.25) is 0 Å². The topological polar surface area (TPSA) is 20.2 Å². The van der Waals surface area contributed by atoms with Gasteiger partial charge in [-0.05, 0) is 86.5 Å². The first kappa shape index (κ1) is 20.9. The molecule has 3 aliphatic rings. The molecule has 0 aliphatic heterocycles. The quantitative estimate of drug-likeness (QED) is 0.484. The number of hydrogen-bond acceptors (Lipinski definition) is 1. The predicted octanol–water partition coefficient (Wildman–Crippen LogP) is 7.37. The van der Waals surface area contributed by atoms with E-state index in [0.29, 0.717) is 5.41 Å². The maximum atomic E-state index is 9.99. The molecule has 3 aliphatic carbocycles. The zero-order valence-corrected chi connectivity index (χ0v) is 18.1. The highest BCUT2D eigenvalue weighted by atomic mass is 16.3. The summed E-state index contributed by atoms with van der Waals surface area (Å²) in [6.45, 7) is 11.5. The highest BCUT2D eigenvalue weighted by molar-refractivity contribution is 5.36. The Morgan fingerprint density at radius 1 is 1.15 bits per heavy atom. The number of unbranched alkanes of at least 4 members (excludes halogenated alkanes) is 1. The largest absolute Gasteiger partial charge is 0.393 e. The van der Waals surface area contributed by atoms with Gasteiger partial charge in [0.2, 0.25) is 0 Å². The molecular formula is C26H42O.